The van der Waals surface area contributed by atoms with Crippen molar-refractivity contribution < 1.29 is 14.0 Å². The van der Waals surface area contributed by atoms with Gasteiger partial charge in [0.15, 0.2) is 0 Å². The van der Waals surface area contributed by atoms with Gasteiger partial charge in [-0.05, 0) is 24.8 Å². The summed E-state index contributed by atoms with van der Waals surface area (Å²) in [4.78, 5) is 25.6. The Morgan fingerprint density at radius 3 is 2.55 bits per heavy atom. The van der Waals surface area contributed by atoms with Crippen LogP contribution in [-0.4, -0.2) is 29.8 Å². The Kier molecular flexibility index (Phi) is 5.52. The molecule has 120 valence electrons. The first-order valence-electron chi connectivity index (χ1n) is 7.74. The van der Waals surface area contributed by atoms with E-state index in [0.717, 1.165) is 25.7 Å². The molecule has 1 aliphatic carbocycles. The molecule has 5 heteroatoms. The highest BCUT2D eigenvalue weighted by molar-refractivity contribution is 5.87. The minimum absolute atomic E-state index is 0.148. The summed E-state index contributed by atoms with van der Waals surface area (Å²) in [5, 5.41) is 2.78. The highest BCUT2D eigenvalue weighted by Crippen LogP contribution is 2.28. The molecule has 22 heavy (non-hydrogen) atoms. The number of carbonyl (C=O) groups is 2. The fourth-order valence-corrected chi connectivity index (χ4v) is 3.09. The summed E-state index contributed by atoms with van der Waals surface area (Å²) in [6.07, 6.45) is 4.07. The number of carbonyl (C=O) groups excluding carboxylic acids is 2. The SMILES string of the molecule is CC(=O)NC(C(=O)N(C)Cc1ccccc1F)C1CCCC1. The Hall–Kier alpha value is -1.91. The van der Waals surface area contributed by atoms with E-state index in [1.54, 1.807) is 25.2 Å². The minimum atomic E-state index is -0.503. The number of nitrogens with zero attached hydrogens (tertiary/aromatic N) is 1. The fraction of sp³-hybridized carbons (Fsp3) is 0.529. The van der Waals surface area contributed by atoms with Crippen LogP contribution in [-0.2, 0) is 16.1 Å². The molecule has 1 aromatic carbocycles. The largest absolute Gasteiger partial charge is 0.344 e. The molecule has 2 amide bonds. The van der Waals surface area contributed by atoms with Gasteiger partial charge < -0.3 is 10.2 Å². The second-order valence-corrected chi connectivity index (χ2v) is 6.01. The molecule has 1 aromatic rings. The van der Waals surface area contributed by atoms with Crippen molar-refractivity contribution in [3.63, 3.8) is 0 Å². The lowest BCUT2D eigenvalue weighted by Gasteiger charge is -2.28. The molecule has 1 saturated carbocycles. The van der Waals surface area contributed by atoms with Crippen LogP contribution in [0.4, 0.5) is 4.39 Å². The van der Waals surface area contributed by atoms with E-state index in [1.807, 2.05) is 0 Å². The minimum Gasteiger partial charge on any atom is -0.344 e. The van der Waals surface area contributed by atoms with Crippen molar-refractivity contribution >= 4 is 11.8 Å². The Bertz CT molecular complexity index is 541. The second kappa shape index (κ2) is 7.38. The van der Waals surface area contributed by atoms with Crippen LogP contribution in [0.15, 0.2) is 24.3 Å². The van der Waals surface area contributed by atoms with Gasteiger partial charge in [-0.1, -0.05) is 31.0 Å². The van der Waals surface area contributed by atoms with Gasteiger partial charge in [0.1, 0.15) is 11.9 Å². The average Bonchev–Trinajstić information content (AvgIpc) is 3.00. The predicted molar refractivity (Wildman–Crippen MR) is 82.4 cm³/mol. The van der Waals surface area contributed by atoms with Crippen LogP contribution in [0.2, 0.25) is 0 Å². The molecule has 0 aliphatic heterocycles. The van der Waals surface area contributed by atoms with Crippen LogP contribution in [0, 0.1) is 11.7 Å². The number of amides is 2. The molecule has 0 spiro atoms. The first-order chi connectivity index (χ1) is 10.5. The molecule has 0 aromatic heterocycles. The van der Waals surface area contributed by atoms with Crippen LogP contribution in [0.3, 0.4) is 0 Å². The first-order valence-corrected chi connectivity index (χ1v) is 7.74. The maximum Gasteiger partial charge on any atom is 0.245 e. The third kappa shape index (κ3) is 4.06. The monoisotopic (exact) mass is 306 g/mol. The van der Waals surface area contributed by atoms with E-state index in [0.29, 0.717) is 5.56 Å². The number of hydrogen-bond acceptors (Lipinski definition) is 2. The quantitative estimate of drug-likeness (QED) is 0.908. The van der Waals surface area contributed by atoms with Gasteiger partial charge in [-0.3, -0.25) is 9.59 Å². The van der Waals surface area contributed by atoms with E-state index in [4.69, 9.17) is 0 Å². The zero-order valence-corrected chi connectivity index (χ0v) is 13.1. The van der Waals surface area contributed by atoms with Crippen LogP contribution >= 0.6 is 0 Å². The maximum absolute atomic E-state index is 13.7. The third-order valence-electron chi connectivity index (χ3n) is 4.24. The van der Waals surface area contributed by atoms with E-state index >= 15 is 0 Å². The number of rotatable bonds is 5. The summed E-state index contributed by atoms with van der Waals surface area (Å²) >= 11 is 0. The summed E-state index contributed by atoms with van der Waals surface area (Å²) in [6.45, 7) is 1.63. The molecule has 2 rings (SSSR count). The van der Waals surface area contributed by atoms with Crippen LogP contribution < -0.4 is 5.32 Å². The topological polar surface area (TPSA) is 49.4 Å². The predicted octanol–water partition coefficient (Wildman–Crippen LogP) is 2.48. The van der Waals surface area contributed by atoms with E-state index in [1.165, 1.54) is 17.9 Å². The zero-order chi connectivity index (χ0) is 16.1. The molecule has 1 unspecified atom stereocenters. The van der Waals surface area contributed by atoms with E-state index in [-0.39, 0.29) is 30.1 Å². The van der Waals surface area contributed by atoms with Gasteiger partial charge in [-0.15, -0.1) is 0 Å². The molecule has 0 bridgehead atoms. The maximum atomic E-state index is 13.7. The smallest absolute Gasteiger partial charge is 0.245 e. The van der Waals surface area contributed by atoms with E-state index in [9.17, 15) is 14.0 Å². The average molecular weight is 306 g/mol. The van der Waals surface area contributed by atoms with Crippen molar-refractivity contribution in [1.29, 1.82) is 0 Å². The van der Waals surface area contributed by atoms with Crippen molar-refractivity contribution in [2.75, 3.05) is 7.05 Å². The summed E-state index contributed by atoms with van der Waals surface area (Å²) in [6, 6.07) is 5.92. The summed E-state index contributed by atoms with van der Waals surface area (Å²) in [7, 11) is 1.65. The zero-order valence-electron chi connectivity index (χ0n) is 13.1. The van der Waals surface area contributed by atoms with E-state index < -0.39 is 6.04 Å². The Balaban J connectivity index is 2.08. The Morgan fingerprint density at radius 2 is 1.95 bits per heavy atom. The van der Waals surface area contributed by atoms with Crippen LogP contribution in [0.25, 0.3) is 0 Å². The number of halogens is 1. The highest BCUT2D eigenvalue weighted by atomic mass is 19.1. The van der Waals surface area contributed by atoms with Crippen molar-refractivity contribution in [2.24, 2.45) is 5.92 Å². The standard InChI is InChI=1S/C17H23FN2O2/c1-12(21)19-16(13-7-3-4-8-13)17(22)20(2)11-14-9-5-6-10-15(14)18/h5-6,9-10,13,16H,3-4,7-8,11H2,1-2H3,(H,19,21). The molecule has 1 fully saturated rings. The van der Waals surface area contributed by atoms with E-state index in [2.05, 4.69) is 5.32 Å². The van der Waals surface area contributed by atoms with Crippen LogP contribution in [0.5, 0.6) is 0 Å². The van der Waals surface area contributed by atoms with Crippen molar-refractivity contribution in [1.82, 2.24) is 10.2 Å². The lowest BCUT2D eigenvalue weighted by molar-refractivity contribution is -0.137. The van der Waals surface area contributed by atoms with Gasteiger partial charge in [-0.25, -0.2) is 4.39 Å². The van der Waals surface area contributed by atoms with Crippen LogP contribution in [0.1, 0.15) is 38.2 Å². The number of nitrogens with one attached hydrogen (secondary N) is 1. The summed E-state index contributed by atoms with van der Waals surface area (Å²) < 4.78 is 13.7. The Morgan fingerprint density at radius 1 is 1.32 bits per heavy atom. The molecule has 0 saturated heterocycles. The van der Waals surface area contributed by atoms with Crippen molar-refractivity contribution in [3.05, 3.63) is 35.6 Å². The molecular weight excluding hydrogens is 283 g/mol. The molecule has 4 nitrogen and oxygen atoms in total. The number of likely N-dealkylation sites (N-methyl/N-ethyl adjacent to an activating group) is 1. The molecule has 0 heterocycles. The molecule has 0 radical (unpaired) electrons. The number of benzene rings is 1. The lowest BCUT2D eigenvalue weighted by Crippen LogP contribution is -2.50. The third-order valence-corrected chi connectivity index (χ3v) is 4.24. The summed E-state index contributed by atoms with van der Waals surface area (Å²) in [5.74, 6) is -0.492. The number of hydrogen-bond donors (Lipinski definition) is 1. The molecule has 1 atom stereocenters. The first kappa shape index (κ1) is 16.5. The molecule has 1 aliphatic rings. The normalized spacial score (nSPS) is 16.3. The highest BCUT2D eigenvalue weighted by Gasteiger charge is 2.33. The van der Waals surface area contributed by atoms with Gasteiger partial charge in [0.05, 0.1) is 0 Å². The van der Waals surface area contributed by atoms with Crippen molar-refractivity contribution in [2.45, 2.75) is 45.2 Å². The van der Waals surface area contributed by atoms with Gasteiger partial charge in [-0.2, -0.15) is 0 Å². The summed E-state index contributed by atoms with van der Waals surface area (Å²) in [5.41, 5.74) is 0.478. The molecule has 1 N–H and O–H groups in total. The lowest BCUT2D eigenvalue weighted by atomic mass is 9.96. The fourth-order valence-electron chi connectivity index (χ4n) is 3.09. The van der Waals surface area contributed by atoms with Gasteiger partial charge in [0.25, 0.3) is 0 Å². The van der Waals surface area contributed by atoms with Crippen molar-refractivity contribution in [3.8, 4) is 0 Å². The molecular formula is C17H23FN2O2. The second-order valence-electron chi connectivity index (χ2n) is 6.01. The van der Waals surface area contributed by atoms with Gasteiger partial charge >= 0.3 is 0 Å². The van der Waals surface area contributed by atoms with Gasteiger partial charge in [0, 0.05) is 26.1 Å². The Labute approximate surface area is 130 Å². The van der Waals surface area contributed by atoms with Gasteiger partial charge in [0.2, 0.25) is 11.8 Å².